The first-order valence-corrected chi connectivity index (χ1v) is 11.9. The molecule has 1 aromatic heterocycles. The van der Waals surface area contributed by atoms with E-state index in [1.165, 1.54) is 9.80 Å². The number of fused-ring (bicyclic) bond motifs is 2. The van der Waals surface area contributed by atoms with Gasteiger partial charge >= 0.3 is 5.97 Å². The van der Waals surface area contributed by atoms with Gasteiger partial charge in [0.15, 0.2) is 0 Å². The van der Waals surface area contributed by atoms with Crippen LogP contribution in [0.15, 0.2) is 36.9 Å². The average Bonchev–Trinajstić information content (AvgIpc) is 3.57. The Labute approximate surface area is 201 Å². The summed E-state index contributed by atoms with van der Waals surface area (Å²) in [6, 6.07) is 6.31. The second-order valence-corrected chi connectivity index (χ2v) is 9.50. The van der Waals surface area contributed by atoms with Crippen LogP contribution in [0.1, 0.15) is 26.2 Å². The number of para-hydroxylation sites is 1. The first-order valence-electron chi connectivity index (χ1n) is 11.9. The fourth-order valence-electron chi connectivity index (χ4n) is 6.45. The third-order valence-electron chi connectivity index (χ3n) is 7.91. The van der Waals surface area contributed by atoms with Crippen LogP contribution in [-0.4, -0.2) is 89.7 Å². The van der Waals surface area contributed by atoms with E-state index in [2.05, 4.69) is 16.9 Å². The van der Waals surface area contributed by atoms with Crippen molar-refractivity contribution < 1.29 is 29.3 Å². The van der Waals surface area contributed by atoms with Crippen LogP contribution < -0.4 is 0 Å². The normalized spacial score (nSPS) is 31.2. The molecule has 0 saturated carbocycles. The van der Waals surface area contributed by atoms with E-state index in [1.807, 2.05) is 31.2 Å². The zero-order valence-corrected chi connectivity index (χ0v) is 19.5. The minimum absolute atomic E-state index is 0.0606. The molecule has 2 amide bonds. The lowest BCUT2D eigenvalue weighted by atomic mass is 9.65. The van der Waals surface area contributed by atoms with Gasteiger partial charge < -0.3 is 24.7 Å². The quantitative estimate of drug-likeness (QED) is 0.496. The number of hydrogen-bond acceptors (Lipinski definition) is 7. The van der Waals surface area contributed by atoms with Gasteiger partial charge in [0.2, 0.25) is 11.8 Å². The highest BCUT2D eigenvalue weighted by molar-refractivity contribution is 5.98. The zero-order chi connectivity index (χ0) is 25.0. The van der Waals surface area contributed by atoms with Crippen molar-refractivity contribution in [3.63, 3.8) is 0 Å². The maximum absolute atomic E-state index is 14.1. The molecule has 5 rings (SSSR count). The molecule has 2 unspecified atom stereocenters. The number of ether oxygens (including phenoxy) is 1. The molecular formula is C24H29N5O6. The Bertz CT molecular complexity index is 1200. The number of rotatable bonds is 9. The molecule has 11 heteroatoms. The largest absolute Gasteiger partial charge is 0.481 e. The van der Waals surface area contributed by atoms with E-state index >= 15 is 0 Å². The number of carboxylic acid groups (broad SMARTS) is 1. The SMILES string of the molecule is C=CCN(Cn1nnc2ccccc21)C(=O)C1N(CCO)C(=O)[C@@H]2[C@H](C(=O)O)[C@]3(CC)CCC12O3. The minimum atomic E-state index is -1.26. The van der Waals surface area contributed by atoms with Crippen LogP contribution in [0.4, 0.5) is 0 Å². The summed E-state index contributed by atoms with van der Waals surface area (Å²) >= 11 is 0. The Morgan fingerprint density at radius 1 is 1.34 bits per heavy atom. The Hall–Kier alpha value is -3.31. The smallest absolute Gasteiger partial charge is 0.310 e. The predicted molar refractivity (Wildman–Crippen MR) is 123 cm³/mol. The first-order chi connectivity index (χ1) is 16.8. The van der Waals surface area contributed by atoms with Crippen molar-refractivity contribution >= 4 is 28.8 Å². The van der Waals surface area contributed by atoms with Gasteiger partial charge in [0.05, 0.1) is 23.6 Å². The Morgan fingerprint density at radius 3 is 2.80 bits per heavy atom. The van der Waals surface area contributed by atoms with Crippen LogP contribution in [-0.2, 0) is 25.8 Å². The summed E-state index contributed by atoms with van der Waals surface area (Å²) in [4.78, 5) is 42.9. The fourth-order valence-corrected chi connectivity index (χ4v) is 6.45. The highest BCUT2D eigenvalue weighted by Crippen LogP contribution is 2.64. The lowest BCUT2D eigenvalue weighted by molar-refractivity contribution is -0.158. The van der Waals surface area contributed by atoms with E-state index in [4.69, 9.17) is 4.74 Å². The lowest BCUT2D eigenvalue weighted by Gasteiger charge is -2.36. The molecule has 2 aromatic rings. The number of aliphatic hydroxyl groups is 1. The van der Waals surface area contributed by atoms with E-state index in [0.717, 1.165) is 5.52 Å². The number of aromatic nitrogens is 3. The van der Waals surface area contributed by atoms with Crippen molar-refractivity contribution in [2.45, 2.75) is 50.1 Å². The number of hydrogen-bond donors (Lipinski definition) is 2. The summed E-state index contributed by atoms with van der Waals surface area (Å²) < 4.78 is 8.07. The molecule has 35 heavy (non-hydrogen) atoms. The molecule has 0 aliphatic carbocycles. The maximum atomic E-state index is 14.1. The number of carbonyl (C=O) groups is 3. The topological polar surface area (TPSA) is 138 Å². The average molecular weight is 484 g/mol. The van der Waals surface area contributed by atoms with Crippen molar-refractivity contribution in [1.29, 1.82) is 0 Å². The van der Waals surface area contributed by atoms with Gasteiger partial charge in [-0.15, -0.1) is 11.7 Å². The Kier molecular flexibility index (Phi) is 5.64. The summed E-state index contributed by atoms with van der Waals surface area (Å²) in [5.41, 5.74) is -0.815. The van der Waals surface area contributed by atoms with Crippen LogP contribution >= 0.6 is 0 Å². The van der Waals surface area contributed by atoms with Crippen LogP contribution in [0.25, 0.3) is 11.0 Å². The molecule has 4 heterocycles. The Balaban J connectivity index is 1.55. The molecule has 3 fully saturated rings. The number of carbonyl (C=O) groups excluding carboxylic acids is 2. The minimum Gasteiger partial charge on any atom is -0.481 e. The molecule has 3 aliphatic heterocycles. The molecule has 11 nitrogen and oxygen atoms in total. The molecule has 1 aromatic carbocycles. The second kappa shape index (κ2) is 8.42. The number of amides is 2. The highest BCUT2D eigenvalue weighted by Gasteiger charge is 2.79. The summed E-state index contributed by atoms with van der Waals surface area (Å²) in [7, 11) is 0. The Morgan fingerprint density at radius 2 is 2.11 bits per heavy atom. The van der Waals surface area contributed by atoms with Crippen molar-refractivity contribution in [2.24, 2.45) is 11.8 Å². The van der Waals surface area contributed by atoms with E-state index in [-0.39, 0.29) is 26.4 Å². The summed E-state index contributed by atoms with van der Waals surface area (Å²) in [5, 5.41) is 28.1. The van der Waals surface area contributed by atoms with Gasteiger partial charge in [-0.05, 0) is 31.4 Å². The molecule has 3 saturated heterocycles. The third kappa shape index (κ3) is 3.21. The predicted octanol–water partition coefficient (Wildman–Crippen LogP) is 0.635. The molecule has 2 N–H and O–H groups in total. The van der Waals surface area contributed by atoms with Gasteiger partial charge in [-0.1, -0.05) is 30.3 Å². The fraction of sp³-hybridized carbons (Fsp3) is 0.542. The monoisotopic (exact) mass is 483 g/mol. The highest BCUT2D eigenvalue weighted by atomic mass is 16.5. The van der Waals surface area contributed by atoms with Gasteiger partial charge in [-0.3, -0.25) is 14.4 Å². The molecule has 186 valence electrons. The number of benzene rings is 1. The van der Waals surface area contributed by atoms with Crippen LogP contribution in [0.2, 0.25) is 0 Å². The number of likely N-dealkylation sites (tertiary alicyclic amines) is 1. The van der Waals surface area contributed by atoms with Crippen LogP contribution in [0, 0.1) is 11.8 Å². The van der Waals surface area contributed by atoms with Crippen molar-refractivity contribution in [2.75, 3.05) is 19.7 Å². The van der Waals surface area contributed by atoms with Crippen molar-refractivity contribution in [3.8, 4) is 0 Å². The number of aliphatic carboxylic acids is 1. The summed E-state index contributed by atoms with van der Waals surface area (Å²) in [5.74, 6) is -3.97. The van der Waals surface area contributed by atoms with Gasteiger partial charge in [0.25, 0.3) is 0 Å². The molecule has 3 aliphatic rings. The van der Waals surface area contributed by atoms with Gasteiger partial charge in [0, 0.05) is 13.1 Å². The molecule has 1 spiro atoms. The first kappa shape index (κ1) is 23.4. The van der Waals surface area contributed by atoms with Gasteiger partial charge in [0.1, 0.15) is 29.7 Å². The standard InChI is InChI=1S/C24H29N5O6/c1-3-11-27(14-29-16-8-6-5-7-15(16)25-26-29)21(32)19-24-10-9-23(4-2,35-24)18(22(33)34)17(24)20(31)28(19)12-13-30/h3,5-8,17-19,30H,1,4,9-14H2,2H3,(H,33,34)/t17-,18+,19?,23-,24?/m0/s1. The van der Waals surface area contributed by atoms with Crippen molar-refractivity contribution in [3.05, 3.63) is 36.9 Å². The second-order valence-electron chi connectivity index (χ2n) is 9.50. The maximum Gasteiger partial charge on any atom is 0.310 e. The van der Waals surface area contributed by atoms with E-state index in [0.29, 0.717) is 24.8 Å². The number of aliphatic hydroxyl groups excluding tert-OH is 1. The molecular weight excluding hydrogens is 454 g/mol. The van der Waals surface area contributed by atoms with E-state index in [1.54, 1.807) is 10.8 Å². The van der Waals surface area contributed by atoms with Crippen LogP contribution in [0.3, 0.4) is 0 Å². The van der Waals surface area contributed by atoms with E-state index < -0.39 is 46.9 Å². The zero-order valence-electron chi connectivity index (χ0n) is 19.5. The number of β-amino-alcohol motifs (C(OH)–C–C–N with tert-alkyl or cyclic N) is 1. The van der Waals surface area contributed by atoms with Gasteiger partial charge in [-0.2, -0.15) is 0 Å². The summed E-state index contributed by atoms with van der Waals surface area (Å²) in [6.45, 7) is 5.41. The third-order valence-corrected chi connectivity index (χ3v) is 7.91. The number of carboxylic acids is 1. The van der Waals surface area contributed by atoms with Gasteiger partial charge in [-0.25, -0.2) is 4.68 Å². The van der Waals surface area contributed by atoms with Crippen LogP contribution in [0.5, 0.6) is 0 Å². The molecule has 0 radical (unpaired) electrons. The molecule has 5 atom stereocenters. The van der Waals surface area contributed by atoms with E-state index in [9.17, 15) is 24.6 Å². The molecule has 2 bridgehead atoms. The number of nitrogens with zero attached hydrogens (tertiary/aromatic N) is 5. The lowest BCUT2D eigenvalue weighted by Crippen LogP contribution is -2.56. The summed E-state index contributed by atoms with van der Waals surface area (Å²) in [6.07, 6.45) is 2.86. The van der Waals surface area contributed by atoms with Crippen molar-refractivity contribution in [1.82, 2.24) is 24.8 Å².